The van der Waals surface area contributed by atoms with Gasteiger partial charge in [-0.05, 0) is 25.3 Å². The van der Waals surface area contributed by atoms with Crippen molar-refractivity contribution in [1.82, 2.24) is 4.98 Å². The molecule has 1 saturated carbocycles. The molecule has 1 aliphatic carbocycles. The number of nitrogens with one attached hydrogen (secondary N) is 2. The molecule has 0 atom stereocenters. The Morgan fingerprint density at radius 2 is 2.00 bits per heavy atom. The minimum absolute atomic E-state index is 0.0650. The lowest BCUT2D eigenvalue weighted by molar-refractivity contribution is -0.0601. The molecule has 0 aliphatic heterocycles. The highest BCUT2D eigenvalue weighted by molar-refractivity contribution is 6.37. The number of halogens is 2. The molecule has 18 heavy (non-hydrogen) atoms. The second kappa shape index (κ2) is 5.51. The molecule has 6 heteroatoms. The molecule has 1 fully saturated rings. The first kappa shape index (κ1) is 13.7. The summed E-state index contributed by atoms with van der Waals surface area (Å²) in [6, 6.07) is 1.69. The van der Waals surface area contributed by atoms with Crippen molar-refractivity contribution in [3.05, 3.63) is 16.1 Å². The molecule has 2 rings (SSSR count). The average molecular weight is 290 g/mol. The number of hydrogen-bond donors (Lipinski definition) is 2. The number of anilines is 2. The van der Waals surface area contributed by atoms with Crippen LogP contribution in [0, 0.1) is 0 Å². The van der Waals surface area contributed by atoms with Crippen LogP contribution in [-0.4, -0.2) is 31.3 Å². The average Bonchev–Trinajstić information content (AvgIpc) is 2.30. The Kier molecular flexibility index (Phi) is 4.20. The summed E-state index contributed by atoms with van der Waals surface area (Å²) >= 11 is 12.1. The van der Waals surface area contributed by atoms with Crippen molar-refractivity contribution in [3.63, 3.8) is 0 Å². The van der Waals surface area contributed by atoms with Gasteiger partial charge >= 0.3 is 0 Å². The number of nitrogens with zero attached hydrogens (tertiary/aromatic N) is 1. The van der Waals surface area contributed by atoms with Crippen molar-refractivity contribution in [3.8, 4) is 0 Å². The molecule has 0 saturated heterocycles. The summed E-state index contributed by atoms with van der Waals surface area (Å²) in [5, 5.41) is 7.20. The quantitative estimate of drug-likeness (QED) is 0.872. The Bertz CT molecular complexity index is 430. The van der Waals surface area contributed by atoms with E-state index in [1.807, 2.05) is 0 Å². The molecule has 1 aliphatic rings. The fourth-order valence-corrected chi connectivity index (χ4v) is 2.55. The zero-order valence-electron chi connectivity index (χ0n) is 10.5. The lowest BCUT2D eigenvalue weighted by Gasteiger charge is -2.40. The van der Waals surface area contributed by atoms with Gasteiger partial charge in [0.25, 0.3) is 0 Å². The smallest absolute Gasteiger partial charge is 0.147 e. The van der Waals surface area contributed by atoms with Crippen LogP contribution in [0.15, 0.2) is 6.07 Å². The third-order valence-corrected chi connectivity index (χ3v) is 4.02. The lowest BCUT2D eigenvalue weighted by Crippen LogP contribution is -2.45. The van der Waals surface area contributed by atoms with E-state index in [-0.39, 0.29) is 5.60 Å². The van der Waals surface area contributed by atoms with Crippen molar-refractivity contribution in [2.24, 2.45) is 0 Å². The van der Waals surface area contributed by atoms with Crippen LogP contribution in [0.1, 0.15) is 19.3 Å². The largest absolute Gasteiger partial charge is 0.376 e. The molecule has 100 valence electrons. The molecule has 0 spiro atoms. The number of rotatable bonds is 5. The van der Waals surface area contributed by atoms with Crippen LogP contribution in [0.4, 0.5) is 11.6 Å². The van der Waals surface area contributed by atoms with E-state index in [1.165, 1.54) is 6.42 Å². The topological polar surface area (TPSA) is 46.2 Å². The Labute approximate surface area is 117 Å². The van der Waals surface area contributed by atoms with Gasteiger partial charge in [-0.2, -0.15) is 0 Å². The second-order valence-electron chi connectivity index (χ2n) is 4.49. The summed E-state index contributed by atoms with van der Waals surface area (Å²) in [7, 11) is 3.52. The van der Waals surface area contributed by atoms with Crippen molar-refractivity contribution in [2.75, 3.05) is 31.3 Å². The highest BCUT2D eigenvalue weighted by Gasteiger charge is 2.36. The monoisotopic (exact) mass is 289 g/mol. The van der Waals surface area contributed by atoms with Crippen molar-refractivity contribution >= 4 is 34.8 Å². The first-order valence-electron chi connectivity index (χ1n) is 5.93. The van der Waals surface area contributed by atoms with Gasteiger partial charge in [0.15, 0.2) is 0 Å². The van der Waals surface area contributed by atoms with E-state index in [9.17, 15) is 0 Å². The van der Waals surface area contributed by atoms with Gasteiger partial charge < -0.3 is 15.4 Å². The van der Waals surface area contributed by atoms with Crippen molar-refractivity contribution in [1.29, 1.82) is 0 Å². The van der Waals surface area contributed by atoms with E-state index in [1.54, 1.807) is 20.2 Å². The minimum Gasteiger partial charge on any atom is -0.376 e. The summed E-state index contributed by atoms with van der Waals surface area (Å²) < 4.78 is 5.54. The maximum absolute atomic E-state index is 6.11. The summed E-state index contributed by atoms with van der Waals surface area (Å²) in [6.07, 6.45) is 3.35. The van der Waals surface area contributed by atoms with E-state index < -0.39 is 0 Å². The summed E-state index contributed by atoms with van der Waals surface area (Å²) in [5.41, 5.74) is -0.0650. The van der Waals surface area contributed by atoms with Crippen LogP contribution < -0.4 is 10.6 Å². The highest BCUT2D eigenvalue weighted by atomic mass is 35.5. The Morgan fingerprint density at radius 1 is 1.33 bits per heavy atom. The number of hydrogen-bond acceptors (Lipinski definition) is 4. The normalized spacial score (nSPS) is 17.1. The van der Waals surface area contributed by atoms with Crippen LogP contribution in [0.25, 0.3) is 0 Å². The lowest BCUT2D eigenvalue weighted by atomic mass is 9.80. The van der Waals surface area contributed by atoms with Crippen LogP contribution in [0.3, 0.4) is 0 Å². The number of pyridine rings is 1. The predicted molar refractivity (Wildman–Crippen MR) is 75.9 cm³/mol. The van der Waals surface area contributed by atoms with E-state index in [4.69, 9.17) is 27.9 Å². The van der Waals surface area contributed by atoms with Gasteiger partial charge in [-0.25, -0.2) is 4.98 Å². The van der Waals surface area contributed by atoms with Crippen LogP contribution >= 0.6 is 23.2 Å². The van der Waals surface area contributed by atoms with Crippen LogP contribution in [0.2, 0.25) is 10.0 Å². The zero-order chi connectivity index (χ0) is 13.2. The maximum Gasteiger partial charge on any atom is 0.147 e. The molecule has 0 radical (unpaired) electrons. The van der Waals surface area contributed by atoms with Gasteiger partial charge in [-0.15, -0.1) is 0 Å². The van der Waals surface area contributed by atoms with E-state index in [2.05, 4.69) is 15.6 Å². The Hall–Kier alpha value is -0.710. The zero-order valence-corrected chi connectivity index (χ0v) is 12.0. The number of ether oxygens (including phenoxy) is 1. The van der Waals surface area contributed by atoms with Gasteiger partial charge in [-0.1, -0.05) is 23.2 Å². The van der Waals surface area contributed by atoms with Gasteiger partial charge in [0.1, 0.15) is 11.6 Å². The summed E-state index contributed by atoms with van der Waals surface area (Å²) in [6.45, 7) is 0.709. The Morgan fingerprint density at radius 3 is 2.50 bits per heavy atom. The third kappa shape index (κ3) is 2.66. The number of aromatic nitrogens is 1. The first-order valence-corrected chi connectivity index (χ1v) is 6.69. The number of methoxy groups -OCH3 is 1. The van der Waals surface area contributed by atoms with Crippen LogP contribution in [-0.2, 0) is 4.74 Å². The molecule has 0 amide bonds. The Balaban J connectivity index is 2.09. The SMILES string of the molecule is CNc1nc(NCC2(OC)CCC2)c(Cl)cc1Cl. The summed E-state index contributed by atoms with van der Waals surface area (Å²) in [5.74, 6) is 1.25. The molecule has 1 aromatic heterocycles. The molecule has 1 heterocycles. The minimum atomic E-state index is -0.0650. The van der Waals surface area contributed by atoms with Gasteiger partial charge in [-0.3, -0.25) is 0 Å². The molecule has 0 bridgehead atoms. The van der Waals surface area contributed by atoms with Gasteiger partial charge in [0.05, 0.1) is 15.6 Å². The third-order valence-electron chi connectivity index (χ3n) is 3.44. The fourth-order valence-electron chi connectivity index (χ4n) is 2.03. The van der Waals surface area contributed by atoms with Gasteiger partial charge in [0.2, 0.25) is 0 Å². The molecule has 4 nitrogen and oxygen atoms in total. The van der Waals surface area contributed by atoms with Crippen molar-refractivity contribution < 1.29 is 4.74 Å². The molecule has 2 N–H and O–H groups in total. The summed E-state index contributed by atoms with van der Waals surface area (Å²) in [4.78, 5) is 4.34. The first-order chi connectivity index (χ1) is 8.60. The van der Waals surface area contributed by atoms with E-state index in [0.717, 1.165) is 12.8 Å². The predicted octanol–water partition coefficient (Wildman–Crippen LogP) is 3.41. The van der Waals surface area contributed by atoms with Gasteiger partial charge in [0, 0.05) is 20.7 Å². The standard InChI is InChI=1S/C12H17Cl2N3O/c1-15-10-8(13)6-9(14)11(17-10)16-7-12(18-2)4-3-5-12/h6H,3-5,7H2,1-2H3,(H2,15,16,17). The molecule has 1 aromatic rings. The fraction of sp³-hybridized carbons (Fsp3) is 0.583. The highest BCUT2D eigenvalue weighted by Crippen LogP contribution is 2.36. The van der Waals surface area contributed by atoms with Crippen molar-refractivity contribution in [2.45, 2.75) is 24.9 Å². The molecule has 0 aromatic carbocycles. The molecule has 0 unspecified atom stereocenters. The van der Waals surface area contributed by atoms with E-state index >= 15 is 0 Å². The molecular weight excluding hydrogens is 273 g/mol. The maximum atomic E-state index is 6.11. The van der Waals surface area contributed by atoms with Crippen LogP contribution in [0.5, 0.6) is 0 Å². The van der Waals surface area contributed by atoms with E-state index in [0.29, 0.717) is 28.2 Å². The molecular formula is C12H17Cl2N3O. The second-order valence-corrected chi connectivity index (χ2v) is 5.31.